The molecule has 0 heterocycles. The molecular formula is C14H19Cl2F. The van der Waals surface area contributed by atoms with Crippen molar-refractivity contribution < 1.29 is 4.39 Å². The molecule has 0 bridgehead atoms. The second kappa shape index (κ2) is 6.61. The number of alkyl halides is 2. The maximum atomic E-state index is 13.9. The highest BCUT2D eigenvalue weighted by Gasteiger charge is 2.34. The standard InChI is InChI=1S/C14H19Cl2F/c1-3-11(2)8-14(9-15,10-16)12-6-4-5-7-13(12)17/h4-7,11H,3,8-10H2,1-2H3. The van der Waals surface area contributed by atoms with Crippen molar-refractivity contribution in [2.24, 2.45) is 5.92 Å². The molecule has 17 heavy (non-hydrogen) atoms. The summed E-state index contributed by atoms with van der Waals surface area (Å²) in [6.45, 7) is 4.27. The molecule has 0 aliphatic rings. The molecule has 96 valence electrons. The van der Waals surface area contributed by atoms with Crippen LogP contribution < -0.4 is 0 Å². The predicted molar refractivity (Wildman–Crippen MR) is 73.6 cm³/mol. The van der Waals surface area contributed by atoms with Gasteiger partial charge in [-0.2, -0.15) is 0 Å². The molecule has 0 aliphatic heterocycles. The zero-order valence-electron chi connectivity index (χ0n) is 10.3. The first kappa shape index (κ1) is 14.8. The predicted octanol–water partition coefficient (Wildman–Crippen LogP) is 4.98. The topological polar surface area (TPSA) is 0 Å². The lowest BCUT2D eigenvalue weighted by atomic mass is 9.76. The van der Waals surface area contributed by atoms with Gasteiger partial charge < -0.3 is 0 Å². The Balaban J connectivity index is 3.11. The lowest BCUT2D eigenvalue weighted by molar-refractivity contribution is 0.368. The minimum Gasteiger partial charge on any atom is -0.207 e. The first-order valence-corrected chi connectivity index (χ1v) is 7.03. The van der Waals surface area contributed by atoms with E-state index in [2.05, 4.69) is 13.8 Å². The van der Waals surface area contributed by atoms with E-state index in [0.29, 0.717) is 23.2 Å². The van der Waals surface area contributed by atoms with Crippen LogP contribution in [0.4, 0.5) is 4.39 Å². The Morgan fingerprint density at radius 2 is 1.82 bits per heavy atom. The van der Waals surface area contributed by atoms with Crippen LogP contribution in [-0.4, -0.2) is 11.8 Å². The van der Waals surface area contributed by atoms with E-state index in [1.807, 2.05) is 6.07 Å². The molecule has 0 fully saturated rings. The molecule has 1 unspecified atom stereocenters. The lowest BCUT2D eigenvalue weighted by Crippen LogP contribution is -2.33. The third-order valence-electron chi connectivity index (χ3n) is 3.39. The van der Waals surface area contributed by atoms with Crippen molar-refractivity contribution in [3.63, 3.8) is 0 Å². The Kier molecular flexibility index (Phi) is 5.75. The van der Waals surface area contributed by atoms with Crippen LogP contribution in [0.2, 0.25) is 0 Å². The summed E-state index contributed by atoms with van der Waals surface area (Å²) < 4.78 is 13.9. The third kappa shape index (κ3) is 3.35. The van der Waals surface area contributed by atoms with E-state index in [4.69, 9.17) is 23.2 Å². The van der Waals surface area contributed by atoms with E-state index >= 15 is 0 Å². The van der Waals surface area contributed by atoms with Crippen molar-refractivity contribution in [1.82, 2.24) is 0 Å². The van der Waals surface area contributed by atoms with Crippen molar-refractivity contribution >= 4 is 23.2 Å². The second-order valence-electron chi connectivity index (χ2n) is 4.74. The van der Waals surface area contributed by atoms with E-state index in [1.54, 1.807) is 12.1 Å². The lowest BCUT2D eigenvalue weighted by Gasteiger charge is -2.33. The molecule has 0 saturated carbocycles. The Labute approximate surface area is 113 Å². The van der Waals surface area contributed by atoms with Gasteiger partial charge >= 0.3 is 0 Å². The van der Waals surface area contributed by atoms with E-state index in [9.17, 15) is 4.39 Å². The smallest absolute Gasteiger partial charge is 0.127 e. The van der Waals surface area contributed by atoms with Gasteiger partial charge in [0.05, 0.1) is 0 Å². The van der Waals surface area contributed by atoms with Crippen LogP contribution in [0.15, 0.2) is 24.3 Å². The van der Waals surface area contributed by atoms with Crippen molar-refractivity contribution in [3.8, 4) is 0 Å². The Bertz CT molecular complexity index is 348. The highest BCUT2D eigenvalue weighted by molar-refractivity contribution is 6.22. The fraction of sp³-hybridized carbons (Fsp3) is 0.571. The summed E-state index contributed by atoms with van der Waals surface area (Å²) in [6, 6.07) is 6.79. The molecule has 0 aliphatic carbocycles. The molecule has 0 N–H and O–H groups in total. The number of rotatable bonds is 6. The average molecular weight is 277 g/mol. The monoisotopic (exact) mass is 276 g/mol. The summed E-state index contributed by atoms with van der Waals surface area (Å²) in [5.41, 5.74) is 0.189. The van der Waals surface area contributed by atoms with Crippen molar-refractivity contribution in [3.05, 3.63) is 35.6 Å². The molecule has 3 heteroatoms. The molecule has 0 radical (unpaired) electrons. The van der Waals surface area contributed by atoms with Crippen LogP contribution in [0.3, 0.4) is 0 Å². The van der Waals surface area contributed by atoms with Gasteiger partial charge in [0.2, 0.25) is 0 Å². The second-order valence-corrected chi connectivity index (χ2v) is 5.28. The van der Waals surface area contributed by atoms with Crippen LogP contribution in [0.1, 0.15) is 32.3 Å². The molecule has 1 aromatic carbocycles. The molecule has 1 rings (SSSR count). The SMILES string of the molecule is CCC(C)CC(CCl)(CCl)c1ccccc1F. The third-order valence-corrected chi connectivity index (χ3v) is 4.42. The van der Waals surface area contributed by atoms with Gasteiger partial charge in [-0.3, -0.25) is 0 Å². The molecule has 0 saturated heterocycles. The largest absolute Gasteiger partial charge is 0.207 e. The zero-order chi connectivity index (χ0) is 12.9. The minimum absolute atomic E-state index is 0.211. The van der Waals surface area contributed by atoms with Crippen LogP contribution in [0.25, 0.3) is 0 Å². The Morgan fingerprint density at radius 3 is 2.29 bits per heavy atom. The minimum atomic E-state index is -0.454. The van der Waals surface area contributed by atoms with Crippen molar-refractivity contribution in [2.45, 2.75) is 32.1 Å². The van der Waals surface area contributed by atoms with E-state index in [0.717, 1.165) is 12.8 Å². The van der Waals surface area contributed by atoms with Gasteiger partial charge in [0, 0.05) is 17.2 Å². The van der Waals surface area contributed by atoms with Gasteiger partial charge in [0.25, 0.3) is 0 Å². The normalized spacial score (nSPS) is 13.7. The highest BCUT2D eigenvalue weighted by atomic mass is 35.5. The number of halogens is 3. The van der Waals surface area contributed by atoms with Crippen LogP contribution in [0, 0.1) is 11.7 Å². The zero-order valence-corrected chi connectivity index (χ0v) is 11.9. The van der Waals surface area contributed by atoms with Gasteiger partial charge in [-0.25, -0.2) is 4.39 Å². The maximum absolute atomic E-state index is 13.9. The fourth-order valence-corrected chi connectivity index (χ4v) is 2.89. The summed E-state index contributed by atoms with van der Waals surface area (Å²) in [7, 11) is 0. The van der Waals surface area contributed by atoms with Crippen LogP contribution in [-0.2, 0) is 5.41 Å². The molecule has 0 spiro atoms. The molecular weight excluding hydrogens is 258 g/mol. The van der Waals surface area contributed by atoms with Crippen molar-refractivity contribution in [1.29, 1.82) is 0 Å². The average Bonchev–Trinajstić information content (AvgIpc) is 2.36. The van der Waals surface area contributed by atoms with E-state index in [-0.39, 0.29) is 5.82 Å². The van der Waals surface area contributed by atoms with Crippen molar-refractivity contribution in [2.75, 3.05) is 11.8 Å². The quantitative estimate of drug-likeness (QED) is 0.643. The summed E-state index contributed by atoms with van der Waals surface area (Å²) >= 11 is 12.2. The molecule has 0 nitrogen and oxygen atoms in total. The molecule has 0 aromatic heterocycles. The number of hydrogen-bond acceptors (Lipinski definition) is 0. The van der Waals surface area contributed by atoms with E-state index < -0.39 is 5.41 Å². The first-order chi connectivity index (χ1) is 8.09. The van der Waals surface area contributed by atoms with Crippen LogP contribution >= 0.6 is 23.2 Å². The highest BCUT2D eigenvalue weighted by Crippen LogP contribution is 2.36. The van der Waals surface area contributed by atoms with E-state index in [1.165, 1.54) is 6.07 Å². The summed E-state index contributed by atoms with van der Waals surface area (Å²) in [5, 5.41) is 0. The van der Waals surface area contributed by atoms with Gasteiger partial charge in [-0.05, 0) is 24.0 Å². The fourth-order valence-electron chi connectivity index (χ4n) is 2.10. The Hall–Kier alpha value is -0.270. The number of benzene rings is 1. The number of hydrogen-bond donors (Lipinski definition) is 0. The van der Waals surface area contributed by atoms with Gasteiger partial charge in [-0.15, -0.1) is 23.2 Å². The molecule has 1 aromatic rings. The first-order valence-electron chi connectivity index (χ1n) is 5.96. The maximum Gasteiger partial charge on any atom is 0.127 e. The Morgan fingerprint density at radius 1 is 1.24 bits per heavy atom. The summed E-state index contributed by atoms with van der Waals surface area (Å²) in [4.78, 5) is 0. The van der Waals surface area contributed by atoms with Crippen LogP contribution in [0.5, 0.6) is 0 Å². The molecule has 1 atom stereocenters. The summed E-state index contributed by atoms with van der Waals surface area (Å²) in [6.07, 6.45) is 1.86. The van der Waals surface area contributed by atoms with Gasteiger partial charge in [0.1, 0.15) is 5.82 Å². The van der Waals surface area contributed by atoms with Gasteiger partial charge in [0.15, 0.2) is 0 Å². The van der Waals surface area contributed by atoms with Gasteiger partial charge in [-0.1, -0.05) is 38.5 Å². The molecule has 0 amide bonds. The summed E-state index contributed by atoms with van der Waals surface area (Å²) in [5.74, 6) is 0.966.